The summed E-state index contributed by atoms with van der Waals surface area (Å²) in [6.07, 6.45) is 21.7. The third-order valence-corrected chi connectivity index (χ3v) is 6.39. The summed E-state index contributed by atoms with van der Waals surface area (Å²) in [4.78, 5) is 23.7. The van der Waals surface area contributed by atoms with E-state index < -0.39 is 11.8 Å². The highest BCUT2D eigenvalue weighted by molar-refractivity contribution is 6.35. The van der Waals surface area contributed by atoms with Gasteiger partial charge in [-0.05, 0) is 43.4 Å². The Labute approximate surface area is 208 Å². The number of aryl methyl sites for hydroxylation is 1. The van der Waals surface area contributed by atoms with Crippen LogP contribution in [-0.4, -0.2) is 30.0 Å². The van der Waals surface area contributed by atoms with E-state index in [1.807, 2.05) is 12.1 Å². The molecule has 5 heteroatoms. The fourth-order valence-corrected chi connectivity index (χ4v) is 4.18. The van der Waals surface area contributed by atoms with Crippen molar-refractivity contribution in [2.45, 2.75) is 122 Å². The maximum atomic E-state index is 11.8. The van der Waals surface area contributed by atoms with Crippen LogP contribution in [0.25, 0.3) is 0 Å². The van der Waals surface area contributed by atoms with Crippen LogP contribution in [0.15, 0.2) is 24.3 Å². The lowest BCUT2D eigenvalue weighted by Gasteiger charge is -2.07. The predicted molar refractivity (Wildman–Crippen MR) is 142 cm³/mol. The van der Waals surface area contributed by atoms with Crippen LogP contribution in [0.1, 0.15) is 122 Å². The molecule has 1 aromatic rings. The van der Waals surface area contributed by atoms with Crippen molar-refractivity contribution in [2.75, 3.05) is 13.1 Å². The molecule has 0 unspecified atom stereocenters. The number of unbranched alkanes of at least 4 members (excludes halogenated alkanes) is 15. The minimum Gasteiger partial charge on any atom is -0.508 e. The second-order valence-corrected chi connectivity index (χ2v) is 9.59. The molecular formula is C29H50N2O3. The van der Waals surface area contributed by atoms with Gasteiger partial charge in [0.1, 0.15) is 5.75 Å². The van der Waals surface area contributed by atoms with E-state index in [0.29, 0.717) is 18.8 Å². The number of hydrogen-bond donors (Lipinski definition) is 3. The first kappa shape index (κ1) is 30.0. The molecule has 0 atom stereocenters. The highest BCUT2D eigenvalue weighted by atomic mass is 16.3. The smallest absolute Gasteiger partial charge is 0.309 e. The Morgan fingerprint density at radius 2 is 0.971 bits per heavy atom. The topological polar surface area (TPSA) is 78.4 Å². The molecule has 1 rings (SSSR count). The van der Waals surface area contributed by atoms with Gasteiger partial charge in [0.25, 0.3) is 0 Å². The summed E-state index contributed by atoms with van der Waals surface area (Å²) in [5.41, 5.74) is 1.30. The van der Waals surface area contributed by atoms with Crippen LogP contribution >= 0.6 is 0 Å². The van der Waals surface area contributed by atoms with E-state index in [-0.39, 0.29) is 0 Å². The number of phenols is 1. The molecule has 3 N–H and O–H groups in total. The third-order valence-electron chi connectivity index (χ3n) is 6.39. The molecule has 0 saturated heterocycles. The number of aromatic hydroxyl groups is 1. The summed E-state index contributed by atoms with van der Waals surface area (Å²) >= 11 is 0. The molecule has 0 bridgehead atoms. The van der Waals surface area contributed by atoms with Crippen LogP contribution in [0.2, 0.25) is 0 Å². The summed E-state index contributed by atoms with van der Waals surface area (Å²) in [6, 6.07) is 7.52. The van der Waals surface area contributed by atoms with Crippen molar-refractivity contribution in [3.8, 4) is 5.75 Å². The number of rotatable bonds is 21. The lowest BCUT2D eigenvalue weighted by atomic mass is 10.0. The highest BCUT2D eigenvalue weighted by Gasteiger charge is 2.11. The monoisotopic (exact) mass is 474 g/mol. The quantitative estimate of drug-likeness (QED) is 0.135. The van der Waals surface area contributed by atoms with E-state index >= 15 is 0 Å². The van der Waals surface area contributed by atoms with Crippen molar-refractivity contribution in [1.82, 2.24) is 10.6 Å². The Morgan fingerprint density at radius 1 is 0.588 bits per heavy atom. The lowest BCUT2D eigenvalue weighted by Crippen LogP contribution is -2.40. The van der Waals surface area contributed by atoms with Crippen LogP contribution in [-0.2, 0) is 16.0 Å². The predicted octanol–water partition coefficient (Wildman–Crippen LogP) is 6.82. The molecule has 194 valence electrons. The van der Waals surface area contributed by atoms with Crippen LogP contribution in [0, 0.1) is 0 Å². The van der Waals surface area contributed by atoms with Gasteiger partial charge in [-0.25, -0.2) is 0 Å². The molecule has 0 aliphatic carbocycles. The zero-order valence-corrected chi connectivity index (χ0v) is 21.7. The van der Waals surface area contributed by atoms with Crippen LogP contribution in [0.4, 0.5) is 0 Å². The van der Waals surface area contributed by atoms with Crippen molar-refractivity contribution in [3.63, 3.8) is 0 Å². The molecular weight excluding hydrogens is 424 g/mol. The first-order chi connectivity index (χ1) is 16.6. The van der Waals surface area contributed by atoms with Gasteiger partial charge in [0.15, 0.2) is 0 Å². The average Bonchev–Trinajstić information content (AvgIpc) is 2.84. The minimum atomic E-state index is -0.494. The molecule has 2 amide bonds. The van der Waals surface area contributed by atoms with Crippen molar-refractivity contribution < 1.29 is 14.7 Å². The fourth-order valence-electron chi connectivity index (χ4n) is 4.18. The zero-order chi connectivity index (χ0) is 24.7. The molecule has 0 spiro atoms. The summed E-state index contributed by atoms with van der Waals surface area (Å²) in [5.74, 6) is -0.652. The second-order valence-electron chi connectivity index (χ2n) is 9.59. The number of carbonyl (C=O) groups is 2. The van der Waals surface area contributed by atoms with Crippen LogP contribution < -0.4 is 10.6 Å². The van der Waals surface area contributed by atoms with Crippen molar-refractivity contribution >= 4 is 11.8 Å². The van der Waals surface area contributed by atoms with E-state index in [0.717, 1.165) is 32.1 Å². The van der Waals surface area contributed by atoms with Gasteiger partial charge in [-0.2, -0.15) is 0 Å². The Balaban J connectivity index is 1.82. The molecule has 34 heavy (non-hydrogen) atoms. The largest absolute Gasteiger partial charge is 0.508 e. The zero-order valence-electron chi connectivity index (χ0n) is 21.7. The molecule has 0 saturated carbocycles. The van der Waals surface area contributed by atoms with Crippen LogP contribution in [0.5, 0.6) is 5.75 Å². The molecule has 5 nitrogen and oxygen atoms in total. The summed E-state index contributed by atoms with van der Waals surface area (Å²) in [6.45, 7) is 3.41. The van der Waals surface area contributed by atoms with E-state index in [9.17, 15) is 14.7 Å². The Kier molecular flexibility index (Phi) is 19.0. The Bertz CT molecular complexity index is 631. The van der Waals surface area contributed by atoms with Gasteiger partial charge in [0, 0.05) is 13.1 Å². The number of amides is 2. The SMILES string of the molecule is CCCCCCCCCCNC(=O)C(=O)NCCCCCCCCCCCc1ccc(O)cc1. The molecule has 0 aliphatic rings. The van der Waals surface area contributed by atoms with Crippen molar-refractivity contribution in [1.29, 1.82) is 0 Å². The molecule has 0 radical (unpaired) electrons. The molecule has 0 aliphatic heterocycles. The Hall–Kier alpha value is -2.04. The van der Waals surface area contributed by atoms with Gasteiger partial charge < -0.3 is 15.7 Å². The number of carbonyl (C=O) groups excluding carboxylic acids is 2. The van der Waals surface area contributed by atoms with Gasteiger partial charge in [0.2, 0.25) is 0 Å². The van der Waals surface area contributed by atoms with E-state index in [2.05, 4.69) is 17.6 Å². The van der Waals surface area contributed by atoms with Gasteiger partial charge in [-0.3, -0.25) is 9.59 Å². The lowest BCUT2D eigenvalue weighted by molar-refractivity contribution is -0.139. The maximum absolute atomic E-state index is 11.8. The van der Waals surface area contributed by atoms with Gasteiger partial charge in [-0.15, -0.1) is 0 Å². The molecule has 0 heterocycles. The standard InChI is InChI=1S/C29H50N2O3/c1-2-3-4-5-6-11-14-17-24-30-28(33)29(34)31-25-18-15-12-9-7-8-10-13-16-19-26-20-22-27(32)23-21-26/h20-23,32H,2-19,24-25H2,1H3,(H,30,33)(H,31,34). The highest BCUT2D eigenvalue weighted by Crippen LogP contribution is 2.14. The third kappa shape index (κ3) is 17.4. The van der Waals surface area contributed by atoms with E-state index in [1.165, 1.54) is 89.0 Å². The fraction of sp³-hybridized carbons (Fsp3) is 0.724. The number of benzene rings is 1. The molecule has 0 aromatic heterocycles. The number of nitrogens with one attached hydrogen (secondary N) is 2. The first-order valence-electron chi connectivity index (χ1n) is 14.0. The normalized spacial score (nSPS) is 10.9. The maximum Gasteiger partial charge on any atom is 0.309 e. The van der Waals surface area contributed by atoms with Crippen LogP contribution in [0.3, 0.4) is 0 Å². The van der Waals surface area contributed by atoms with Gasteiger partial charge in [0.05, 0.1) is 0 Å². The summed E-state index contributed by atoms with van der Waals surface area (Å²) in [5, 5.41) is 14.8. The number of hydrogen-bond acceptors (Lipinski definition) is 3. The van der Waals surface area contributed by atoms with Crippen molar-refractivity contribution in [3.05, 3.63) is 29.8 Å². The minimum absolute atomic E-state index is 0.334. The molecule has 0 fully saturated rings. The van der Waals surface area contributed by atoms with E-state index in [1.54, 1.807) is 12.1 Å². The van der Waals surface area contributed by atoms with Crippen molar-refractivity contribution in [2.24, 2.45) is 0 Å². The number of phenolic OH excluding ortho intramolecular Hbond substituents is 1. The average molecular weight is 475 g/mol. The first-order valence-corrected chi connectivity index (χ1v) is 14.0. The van der Waals surface area contributed by atoms with E-state index in [4.69, 9.17) is 0 Å². The second kappa shape index (κ2) is 21.5. The summed E-state index contributed by atoms with van der Waals surface area (Å²) < 4.78 is 0. The summed E-state index contributed by atoms with van der Waals surface area (Å²) in [7, 11) is 0. The Morgan fingerprint density at radius 3 is 1.41 bits per heavy atom. The molecule has 1 aromatic carbocycles. The van der Waals surface area contributed by atoms with Gasteiger partial charge in [-0.1, -0.05) is 109 Å². The van der Waals surface area contributed by atoms with Gasteiger partial charge >= 0.3 is 11.8 Å².